The van der Waals surface area contributed by atoms with Crippen LogP contribution in [0.2, 0.25) is 0 Å². The van der Waals surface area contributed by atoms with E-state index >= 15 is 0 Å². The van der Waals surface area contributed by atoms with E-state index in [0.29, 0.717) is 0 Å². The highest BCUT2D eigenvalue weighted by atomic mass is 19.4. The molecule has 1 aromatic heterocycles. The van der Waals surface area contributed by atoms with Gasteiger partial charge in [0.25, 0.3) is 0 Å². The summed E-state index contributed by atoms with van der Waals surface area (Å²) < 4.78 is 52.3. The van der Waals surface area contributed by atoms with Crippen molar-refractivity contribution in [3.8, 4) is 11.8 Å². The summed E-state index contributed by atoms with van der Waals surface area (Å²) in [5.74, 6) is -0.549. The fraction of sp³-hybridized carbons (Fsp3) is 0.400. The molecule has 0 aliphatic rings. The zero-order valence-corrected chi connectivity index (χ0v) is 8.81. The fourth-order valence-electron chi connectivity index (χ4n) is 1.25. The van der Waals surface area contributed by atoms with Crippen molar-refractivity contribution in [1.29, 1.82) is 5.26 Å². The van der Waals surface area contributed by atoms with Crippen LogP contribution in [-0.2, 0) is 13.1 Å². The van der Waals surface area contributed by atoms with Gasteiger partial charge in [-0.25, -0.2) is 4.39 Å². The van der Waals surface area contributed by atoms with Crippen LogP contribution < -0.4 is 4.74 Å². The first-order valence-electron chi connectivity index (χ1n) is 4.55. The Morgan fingerprint density at radius 2 is 2.12 bits per heavy atom. The number of alkyl halides is 4. The van der Waals surface area contributed by atoms with E-state index in [-0.39, 0.29) is 23.4 Å². The molecule has 1 heterocycles. The number of pyridine rings is 1. The molecule has 1 rings (SSSR count). The summed E-state index contributed by atoms with van der Waals surface area (Å²) in [7, 11) is 0. The summed E-state index contributed by atoms with van der Waals surface area (Å²) >= 11 is 0. The molecule has 0 N–H and O–H groups in total. The minimum Gasteiger partial charge on any atom is -0.404 e. The molecular weight excluding hydrogens is 240 g/mol. The van der Waals surface area contributed by atoms with Crippen LogP contribution in [0.15, 0.2) is 6.07 Å². The third kappa shape index (κ3) is 3.59. The number of hydrogen-bond donors (Lipinski definition) is 0. The lowest BCUT2D eigenvalue weighted by molar-refractivity contribution is -0.275. The standard InChI is InChI=1S/C10H8F4N2O/c1-6-9(17-10(12,13)14)4-7(5-11)8(16-6)2-3-15/h4H,2,5H2,1H3. The molecule has 0 aliphatic carbocycles. The lowest BCUT2D eigenvalue weighted by Crippen LogP contribution is -2.18. The molecule has 0 aliphatic heterocycles. The summed E-state index contributed by atoms with van der Waals surface area (Å²) in [5, 5.41) is 8.46. The van der Waals surface area contributed by atoms with Gasteiger partial charge in [0.05, 0.1) is 23.9 Å². The average molecular weight is 248 g/mol. The molecule has 0 radical (unpaired) electrons. The Kier molecular flexibility index (Phi) is 3.89. The summed E-state index contributed by atoms with van der Waals surface area (Å²) in [4.78, 5) is 3.73. The molecule has 7 heteroatoms. The molecule has 3 nitrogen and oxygen atoms in total. The Labute approximate surface area is 94.6 Å². The molecular formula is C10H8F4N2O. The first-order chi connectivity index (χ1) is 7.87. The number of ether oxygens (including phenoxy) is 1. The molecule has 0 unspecified atom stereocenters. The number of hydrogen-bond acceptors (Lipinski definition) is 3. The van der Waals surface area contributed by atoms with Crippen LogP contribution in [0.4, 0.5) is 17.6 Å². The van der Waals surface area contributed by atoms with E-state index in [1.165, 1.54) is 6.92 Å². The highest BCUT2D eigenvalue weighted by Gasteiger charge is 2.32. The van der Waals surface area contributed by atoms with Gasteiger partial charge in [0.2, 0.25) is 0 Å². The van der Waals surface area contributed by atoms with Crippen LogP contribution in [0.5, 0.6) is 5.75 Å². The number of aryl methyl sites for hydroxylation is 1. The second-order valence-corrected chi connectivity index (χ2v) is 3.19. The summed E-state index contributed by atoms with van der Waals surface area (Å²) in [5.41, 5.74) is 0.0169. The van der Waals surface area contributed by atoms with Gasteiger partial charge in [-0.1, -0.05) is 0 Å². The average Bonchev–Trinajstić information content (AvgIpc) is 2.20. The second-order valence-electron chi connectivity index (χ2n) is 3.19. The minimum absolute atomic E-state index is 0.0372. The van der Waals surface area contributed by atoms with Gasteiger partial charge in [-0.15, -0.1) is 13.2 Å². The monoisotopic (exact) mass is 248 g/mol. The summed E-state index contributed by atoms with van der Waals surface area (Å²) in [6.07, 6.45) is -5.01. The first-order valence-corrected chi connectivity index (χ1v) is 4.55. The first kappa shape index (κ1) is 13.2. The minimum atomic E-state index is -4.85. The molecule has 17 heavy (non-hydrogen) atoms. The van der Waals surface area contributed by atoms with E-state index < -0.39 is 18.8 Å². The molecule has 0 fully saturated rings. The number of aromatic nitrogens is 1. The van der Waals surface area contributed by atoms with Crippen LogP contribution in [-0.4, -0.2) is 11.3 Å². The van der Waals surface area contributed by atoms with Crippen molar-refractivity contribution >= 4 is 0 Å². The molecule has 1 aromatic rings. The number of nitrogens with zero attached hydrogens (tertiary/aromatic N) is 2. The van der Waals surface area contributed by atoms with E-state index in [2.05, 4.69) is 9.72 Å². The lowest BCUT2D eigenvalue weighted by atomic mass is 10.1. The SMILES string of the molecule is Cc1nc(CC#N)c(CF)cc1OC(F)(F)F. The lowest BCUT2D eigenvalue weighted by Gasteiger charge is -2.13. The number of nitriles is 1. The van der Waals surface area contributed by atoms with Crippen molar-refractivity contribution in [2.75, 3.05) is 0 Å². The number of halogens is 4. The van der Waals surface area contributed by atoms with Crippen LogP contribution >= 0.6 is 0 Å². The van der Waals surface area contributed by atoms with Crippen LogP contribution in [0, 0.1) is 18.3 Å². The molecule has 92 valence electrons. The Bertz CT molecular complexity index is 451. The molecule has 0 saturated carbocycles. The molecule has 0 saturated heterocycles. The zero-order valence-electron chi connectivity index (χ0n) is 8.81. The second kappa shape index (κ2) is 4.99. The van der Waals surface area contributed by atoms with Crippen molar-refractivity contribution in [1.82, 2.24) is 4.98 Å². The predicted molar refractivity (Wildman–Crippen MR) is 49.8 cm³/mol. The summed E-state index contributed by atoms with van der Waals surface area (Å²) in [6, 6.07) is 2.68. The maximum Gasteiger partial charge on any atom is 0.573 e. The van der Waals surface area contributed by atoms with Crippen LogP contribution in [0.3, 0.4) is 0 Å². The largest absolute Gasteiger partial charge is 0.573 e. The third-order valence-electron chi connectivity index (χ3n) is 1.95. The molecule has 0 spiro atoms. The Morgan fingerprint density at radius 1 is 1.47 bits per heavy atom. The van der Waals surface area contributed by atoms with E-state index in [1.807, 2.05) is 0 Å². The van der Waals surface area contributed by atoms with Crippen molar-refractivity contribution < 1.29 is 22.3 Å². The molecule has 0 aromatic carbocycles. The van der Waals surface area contributed by atoms with Crippen LogP contribution in [0.25, 0.3) is 0 Å². The Balaban J connectivity index is 3.14. The molecule has 0 bridgehead atoms. The third-order valence-corrected chi connectivity index (χ3v) is 1.95. The van der Waals surface area contributed by atoms with E-state index in [9.17, 15) is 17.6 Å². The van der Waals surface area contributed by atoms with Crippen LogP contribution in [0.1, 0.15) is 17.0 Å². The van der Waals surface area contributed by atoms with E-state index in [4.69, 9.17) is 5.26 Å². The molecule has 0 amide bonds. The van der Waals surface area contributed by atoms with Crippen molar-refractivity contribution in [2.24, 2.45) is 0 Å². The zero-order chi connectivity index (χ0) is 13.1. The normalized spacial score (nSPS) is 11.1. The van der Waals surface area contributed by atoms with Gasteiger partial charge in [0, 0.05) is 5.56 Å². The quantitative estimate of drug-likeness (QED) is 0.772. The molecule has 0 atom stereocenters. The van der Waals surface area contributed by atoms with E-state index in [0.717, 1.165) is 6.07 Å². The maximum absolute atomic E-state index is 12.6. The van der Waals surface area contributed by atoms with Crippen molar-refractivity contribution in [3.63, 3.8) is 0 Å². The highest BCUT2D eigenvalue weighted by Crippen LogP contribution is 2.27. The van der Waals surface area contributed by atoms with Crippen molar-refractivity contribution in [3.05, 3.63) is 23.0 Å². The number of rotatable bonds is 3. The smallest absolute Gasteiger partial charge is 0.404 e. The maximum atomic E-state index is 12.6. The Morgan fingerprint density at radius 3 is 2.59 bits per heavy atom. The Hall–Kier alpha value is -1.84. The van der Waals surface area contributed by atoms with Gasteiger partial charge in [-0.05, 0) is 13.0 Å². The van der Waals surface area contributed by atoms with Crippen molar-refractivity contribution in [2.45, 2.75) is 26.4 Å². The van der Waals surface area contributed by atoms with Gasteiger partial charge < -0.3 is 4.74 Å². The highest BCUT2D eigenvalue weighted by molar-refractivity contribution is 5.36. The predicted octanol–water partition coefficient (Wildman–Crippen LogP) is 2.82. The summed E-state index contributed by atoms with van der Waals surface area (Å²) in [6.45, 7) is 0.294. The van der Waals surface area contributed by atoms with Gasteiger partial charge in [-0.2, -0.15) is 5.26 Å². The topological polar surface area (TPSA) is 45.9 Å². The fourth-order valence-corrected chi connectivity index (χ4v) is 1.25. The van der Waals surface area contributed by atoms with Gasteiger partial charge in [-0.3, -0.25) is 4.98 Å². The van der Waals surface area contributed by atoms with Gasteiger partial charge in [0.1, 0.15) is 6.67 Å². The van der Waals surface area contributed by atoms with Gasteiger partial charge in [0.15, 0.2) is 5.75 Å². The van der Waals surface area contributed by atoms with E-state index in [1.54, 1.807) is 6.07 Å². The van der Waals surface area contributed by atoms with Gasteiger partial charge >= 0.3 is 6.36 Å².